The lowest BCUT2D eigenvalue weighted by Crippen LogP contribution is -2.36. The van der Waals surface area contributed by atoms with Crippen molar-refractivity contribution in [2.45, 2.75) is 6.92 Å². The summed E-state index contributed by atoms with van der Waals surface area (Å²) >= 11 is 0. The molecule has 1 N–H and O–H groups in total. The highest BCUT2D eigenvalue weighted by atomic mass is 16.5. The lowest BCUT2D eigenvalue weighted by molar-refractivity contribution is 0.103. The molecule has 0 aliphatic carbocycles. The zero-order valence-corrected chi connectivity index (χ0v) is 8.22. The van der Waals surface area contributed by atoms with Crippen LogP contribution in [0.1, 0.15) is 6.92 Å². The Labute approximate surface area is 84.0 Å². The molecule has 1 aromatic rings. The van der Waals surface area contributed by atoms with E-state index in [1.165, 1.54) is 0 Å². The molecule has 0 saturated heterocycles. The quantitative estimate of drug-likeness (QED) is 0.505. The van der Waals surface area contributed by atoms with Gasteiger partial charge in [0.1, 0.15) is 0 Å². The molecule has 0 unspecified atom stereocenters. The van der Waals surface area contributed by atoms with E-state index in [0.717, 1.165) is 0 Å². The monoisotopic (exact) mass is 195 g/mol. The van der Waals surface area contributed by atoms with Gasteiger partial charge in [-0.05, 0) is 19.1 Å². The maximum atomic E-state index is 9.48. The van der Waals surface area contributed by atoms with E-state index >= 15 is 0 Å². The molecular weight excluding hydrogens is 181 g/mol. The van der Waals surface area contributed by atoms with Gasteiger partial charge < -0.3 is 14.4 Å². The Bertz CT molecular complexity index is 245. The van der Waals surface area contributed by atoms with Crippen LogP contribution in [-0.2, 0) is 9.39 Å². The molecular formula is C9H14BNO3. The number of aromatic nitrogens is 1. The average molecular weight is 195 g/mol. The van der Waals surface area contributed by atoms with Crippen LogP contribution in [-0.4, -0.2) is 36.9 Å². The first kappa shape index (κ1) is 11.2. The zero-order valence-electron chi connectivity index (χ0n) is 8.22. The van der Waals surface area contributed by atoms with E-state index in [9.17, 15) is 5.02 Å². The summed E-state index contributed by atoms with van der Waals surface area (Å²) in [5.74, 6) is 0. The number of nitrogens with zero attached hydrogens (tertiary/aromatic N) is 1. The van der Waals surface area contributed by atoms with E-state index in [2.05, 4.69) is 4.98 Å². The van der Waals surface area contributed by atoms with Crippen LogP contribution in [0.15, 0.2) is 24.4 Å². The van der Waals surface area contributed by atoms with Gasteiger partial charge in [-0.25, -0.2) is 0 Å². The summed E-state index contributed by atoms with van der Waals surface area (Å²) in [6.45, 7) is 3.42. The number of rotatable bonds is 6. The van der Waals surface area contributed by atoms with Crippen LogP contribution in [0.5, 0.6) is 0 Å². The third kappa shape index (κ3) is 3.87. The van der Waals surface area contributed by atoms with Crippen molar-refractivity contribution in [2.24, 2.45) is 0 Å². The summed E-state index contributed by atoms with van der Waals surface area (Å²) in [6.07, 6.45) is 1.62. The summed E-state index contributed by atoms with van der Waals surface area (Å²) in [6, 6.07) is 5.30. The SMILES string of the molecule is CCOCCOB(O)c1ccccn1. The maximum Gasteiger partial charge on any atom is 0.510 e. The van der Waals surface area contributed by atoms with Crippen molar-refractivity contribution in [3.8, 4) is 0 Å². The third-order valence-electron chi connectivity index (χ3n) is 1.65. The second kappa shape index (κ2) is 6.53. The molecule has 14 heavy (non-hydrogen) atoms. The standard InChI is InChI=1S/C9H14BNO3/c1-2-13-7-8-14-10(12)9-5-3-4-6-11-9/h3-6,12H,2,7-8H2,1H3. The van der Waals surface area contributed by atoms with Gasteiger partial charge in [0, 0.05) is 12.8 Å². The van der Waals surface area contributed by atoms with Crippen LogP contribution in [0, 0.1) is 0 Å². The van der Waals surface area contributed by atoms with Gasteiger partial charge in [0.15, 0.2) is 0 Å². The van der Waals surface area contributed by atoms with Crippen LogP contribution in [0.3, 0.4) is 0 Å². The number of hydrogen-bond donors (Lipinski definition) is 1. The molecule has 0 spiro atoms. The Hall–Kier alpha value is -0.905. The molecule has 0 radical (unpaired) electrons. The van der Waals surface area contributed by atoms with Gasteiger partial charge >= 0.3 is 7.12 Å². The Morgan fingerprint density at radius 3 is 2.93 bits per heavy atom. The van der Waals surface area contributed by atoms with Gasteiger partial charge in [0.2, 0.25) is 0 Å². The van der Waals surface area contributed by atoms with E-state index in [-0.39, 0.29) is 0 Å². The van der Waals surface area contributed by atoms with Gasteiger partial charge in [-0.1, -0.05) is 6.07 Å². The molecule has 1 aromatic heterocycles. The predicted molar refractivity (Wildman–Crippen MR) is 54.3 cm³/mol. The predicted octanol–water partition coefficient (Wildman–Crippen LogP) is -0.178. The minimum atomic E-state index is -0.961. The van der Waals surface area contributed by atoms with Gasteiger partial charge in [0.25, 0.3) is 0 Å². The molecule has 4 nitrogen and oxygen atoms in total. The molecule has 0 aliphatic rings. The fraction of sp³-hybridized carbons (Fsp3) is 0.444. The smallest absolute Gasteiger partial charge is 0.422 e. The van der Waals surface area contributed by atoms with Crippen LogP contribution < -0.4 is 5.59 Å². The fourth-order valence-corrected chi connectivity index (χ4v) is 0.970. The normalized spacial score (nSPS) is 10.1. The van der Waals surface area contributed by atoms with Crippen molar-refractivity contribution in [2.75, 3.05) is 19.8 Å². The van der Waals surface area contributed by atoms with E-state index in [4.69, 9.17) is 9.39 Å². The van der Waals surface area contributed by atoms with E-state index < -0.39 is 7.12 Å². The highest BCUT2D eigenvalue weighted by molar-refractivity contribution is 6.58. The first-order valence-electron chi connectivity index (χ1n) is 4.63. The molecule has 0 atom stereocenters. The lowest BCUT2D eigenvalue weighted by atomic mass is 9.85. The van der Waals surface area contributed by atoms with Crippen LogP contribution >= 0.6 is 0 Å². The van der Waals surface area contributed by atoms with Crippen LogP contribution in [0.2, 0.25) is 0 Å². The van der Waals surface area contributed by atoms with Crippen molar-refractivity contribution in [1.29, 1.82) is 0 Å². The Morgan fingerprint density at radius 1 is 1.43 bits per heavy atom. The summed E-state index contributed by atoms with van der Waals surface area (Å²) in [5.41, 5.74) is 0.518. The first-order chi connectivity index (χ1) is 6.84. The van der Waals surface area contributed by atoms with E-state index in [0.29, 0.717) is 25.4 Å². The number of hydrogen-bond acceptors (Lipinski definition) is 4. The summed E-state index contributed by atoms with van der Waals surface area (Å²) in [5, 5.41) is 9.48. The van der Waals surface area contributed by atoms with E-state index in [1.807, 2.05) is 6.92 Å². The minimum absolute atomic E-state index is 0.367. The highest BCUT2D eigenvalue weighted by Crippen LogP contribution is 1.85. The molecule has 0 aromatic carbocycles. The zero-order chi connectivity index (χ0) is 10.2. The van der Waals surface area contributed by atoms with Crippen LogP contribution in [0.25, 0.3) is 0 Å². The summed E-state index contributed by atoms with van der Waals surface area (Å²) in [7, 11) is -0.961. The van der Waals surface area contributed by atoms with Crippen molar-refractivity contribution in [3.63, 3.8) is 0 Å². The van der Waals surface area contributed by atoms with Gasteiger partial charge in [-0.2, -0.15) is 0 Å². The van der Waals surface area contributed by atoms with Crippen molar-refractivity contribution in [1.82, 2.24) is 4.98 Å². The van der Waals surface area contributed by atoms with Crippen LogP contribution in [0.4, 0.5) is 0 Å². The molecule has 76 valence electrons. The second-order valence-electron chi connectivity index (χ2n) is 2.67. The molecule has 1 rings (SSSR count). The molecule has 0 aliphatic heterocycles. The molecule has 0 amide bonds. The Morgan fingerprint density at radius 2 is 2.29 bits per heavy atom. The van der Waals surface area contributed by atoms with Gasteiger partial charge in [-0.15, -0.1) is 0 Å². The minimum Gasteiger partial charge on any atom is -0.422 e. The van der Waals surface area contributed by atoms with Crippen molar-refractivity contribution >= 4 is 12.7 Å². The average Bonchev–Trinajstić information content (AvgIpc) is 2.25. The van der Waals surface area contributed by atoms with Gasteiger partial charge in [-0.3, -0.25) is 4.98 Å². The summed E-state index contributed by atoms with van der Waals surface area (Å²) in [4.78, 5) is 3.96. The molecule has 1 heterocycles. The van der Waals surface area contributed by atoms with Crippen molar-refractivity contribution in [3.05, 3.63) is 24.4 Å². The van der Waals surface area contributed by atoms with Crippen molar-refractivity contribution < 1.29 is 14.4 Å². The summed E-state index contributed by atoms with van der Waals surface area (Å²) < 4.78 is 10.2. The number of ether oxygens (including phenoxy) is 1. The van der Waals surface area contributed by atoms with Gasteiger partial charge in [0.05, 0.1) is 18.8 Å². The number of pyridine rings is 1. The third-order valence-corrected chi connectivity index (χ3v) is 1.65. The highest BCUT2D eigenvalue weighted by Gasteiger charge is 2.16. The fourth-order valence-electron chi connectivity index (χ4n) is 0.970. The second-order valence-corrected chi connectivity index (χ2v) is 2.67. The molecule has 0 saturated carbocycles. The topological polar surface area (TPSA) is 51.6 Å². The lowest BCUT2D eigenvalue weighted by Gasteiger charge is -2.06. The molecule has 0 fully saturated rings. The largest absolute Gasteiger partial charge is 0.510 e. The molecule has 5 heteroatoms. The maximum absolute atomic E-state index is 9.48. The Kier molecular flexibility index (Phi) is 5.21. The molecule has 0 bridgehead atoms. The first-order valence-corrected chi connectivity index (χ1v) is 4.63. The Balaban J connectivity index is 2.25. The van der Waals surface area contributed by atoms with E-state index in [1.54, 1.807) is 24.4 Å².